The van der Waals surface area contributed by atoms with Crippen molar-refractivity contribution in [2.24, 2.45) is 5.92 Å². The van der Waals surface area contributed by atoms with Gasteiger partial charge in [0.15, 0.2) is 0 Å². The van der Waals surface area contributed by atoms with Crippen molar-refractivity contribution in [3.05, 3.63) is 29.8 Å². The van der Waals surface area contributed by atoms with E-state index in [-0.39, 0.29) is 24.7 Å². The second kappa shape index (κ2) is 8.08. The van der Waals surface area contributed by atoms with Crippen molar-refractivity contribution in [3.63, 3.8) is 0 Å². The highest BCUT2D eigenvalue weighted by atomic mass is 16.5. The first-order valence-corrected chi connectivity index (χ1v) is 9.43. The predicted octanol–water partition coefficient (Wildman–Crippen LogP) is 1.74. The summed E-state index contributed by atoms with van der Waals surface area (Å²) in [7, 11) is 0. The van der Waals surface area contributed by atoms with Crippen LogP contribution in [0.3, 0.4) is 0 Å². The molecule has 1 aromatic carbocycles. The summed E-state index contributed by atoms with van der Waals surface area (Å²) in [6.45, 7) is 3.23. The number of hydrogen-bond acceptors (Lipinski definition) is 4. The highest BCUT2D eigenvalue weighted by Gasteiger charge is 2.41. The Morgan fingerprint density at radius 2 is 1.93 bits per heavy atom. The molecule has 146 valence electrons. The van der Waals surface area contributed by atoms with Crippen LogP contribution < -0.4 is 10.2 Å². The smallest absolute Gasteiger partial charge is 0.305 e. The minimum absolute atomic E-state index is 0.0846. The summed E-state index contributed by atoms with van der Waals surface area (Å²) in [6.07, 6.45) is 1.86. The molecule has 2 aliphatic rings. The molecule has 1 aromatic rings. The summed E-state index contributed by atoms with van der Waals surface area (Å²) in [5, 5.41) is 12.2. The van der Waals surface area contributed by atoms with Crippen molar-refractivity contribution in [2.75, 3.05) is 24.7 Å². The number of nitrogens with zero attached hydrogens (tertiary/aromatic N) is 1. The van der Waals surface area contributed by atoms with Crippen LogP contribution in [0.15, 0.2) is 24.3 Å². The fourth-order valence-electron chi connectivity index (χ4n) is 3.81. The van der Waals surface area contributed by atoms with E-state index in [9.17, 15) is 19.5 Å². The fraction of sp³-hybridized carbons (Fsp3) is 0.550. The van der Waals surface area contributed by atoms with Crippen molar-refractivity contribution in [1.29, 1.82) is 0 Å². The molecule has 2 fully saturated rings. The number of ether oxygens (including phenoxy) is 1. The van der Waals surface area contributed by atoms with Crippen molar-refractivity contribution in [3.8, 4) is 0 Å². The van der Waals surface area contributed by atoms with Gasteiger partial charge in [0.05, 0.1) is 17.9 Å². The molecule has 2 amide bonds. The summed E-state index contributed by atoms with van der Waals surface area (Å²) < 4.78 is 5.32. The second-order valence-corrected chi connectivity index (χ2v) is 7.38. The van der Waals surface area contributed by atoms with Crippen LogP contribution >= 0.6 is 0 Å². The number of anilines is 1. The van der Waals surface area contributed by atoms with Gasteiger partial charge in [0.1, 0.15) is 0 Å². The average molecular weight is 374 g/mol. The standard InChI is InChI=1S/C20H26N2O5/c1-2-14-3-5-16(6-4-14)22-13-15(11-17(22)23)19(26)21-20(12-18(24)25)7-9-27-10-8-20/h3-6,15H,2,7-13H2,1H3,(H,21,26)(H,24,25). The van der Waals surface area contributed by atoms with E-state index in [4.69, 9.17) is 4.74 Å². The third-order valence-electron chi connectivity index (χ3n) is 5.48. The van der Waals surface area contributed by atoms with Gasteiger partial charge in [-0.15, -0.1) is 0 Å². The maximum absolute atomic E-state index is 12.8. The molecule has 0 aliphatic carbocycles. The van der Waals surface area contributed by atoms with Crippen LogP contribution in [0.25, 0.3) is 0 Å². The number of carboxylic acids is 1. The Bertz CT molecular complexity index is 710. The van der Waals surface area contributed by atoms with Gasteiger partial charge in [0, 0.05) is 31.9 Å². The van der Waals surface area contributed by atoms with Gasteiger partial charge < -0.3 is 20.1 Å². The normalized spacial score (nSPS) is 21.9. The van der Waals surface area contributed by atoms with E-state index in [1.807, 2.05) is 24.3 Å². The van der Waals surface area contributed by atoms with Gasteiger partial charge in [-0.3, -0.25) is 14.4 Å². The van der Waals surface area contributed by atoms with Crippen LogP contribution in [0.2, 0.25) is 0 Å². The van der Waals surface area contributed by atoms with Crippen LogP contribution in [0, 0.1) is 5.92 Å². The SMILES string of the molecule is CCc1ccc(N2CC(C(=O)NC3(CC(=O)O)CCOCC3)CC2=O)cc1. The fourth-order valence-corrected chi connectivity index (χ4v) is 3.81. The molecule has 7 nitrogen and oxygen atoms in total. The van der Waals surface area contributed by atoms with E-state index in [1.54, 1.807) is 4.90 Å². The van der Waals surface area contributed by atoms with Gasteiger partial charge in [-0.1, -0.05) is 19.1 Å². The number of nitrogens with one attached hydrogen (secondary N) is 1. The minimum Gasteiger partial charge on any atom is -0.481 e. The van der Waals surface area contributed by atoms with Gasteiger partial charge >= 0.3 is 5.97 Å². The molecule has 2 N–H and O–H groups in total. The molecule has 0 aromatic heterocycles. The topological polar surface area (TPSA) is 95.9 Å². The highest BCUT2D eigenvalue weighted by Crippen LogP contribution is 2.29. The molecule has 1 unspecified atom stereocenters. The average Bonchev–Trinajstić information content (AvgIpc) is 3.04. The first kappa shape index (κ1) is 19.4. The number of hydrogen-bond donors (Lipinski definition) is 2. The van der Waals surface area contributed by atoms with Gasteiger partial charge in [-0.2, -0.15) is 0 Å². The van der Waals surface area contributed by atoms with E-state index in [1.165, 1.54) is 5.56 Å². The molecular formula is C20H26N2O5. The summed E-state index contributed by atoms with van der Waals surface area (Å²) in [4.78, 5) is 38.1. The Morgan fingerprint density at radius 1 is 1.26 bits per heavy atom. The van der Waals surface area contributed by atoms with E-state index < -0.39 is 17.4 Å². The molecule has 0 spiro atoms. The number of carbonyl (C=O) groups is 3. The first-order chi connectivity index (χ1) is 12.9. The largest absolute Gasteiger partial charge is 0.481 e. The summed E-state index contributed by atoms with van der Waals surface area (Å²) in [6, 6.07) is 7.78. The van der Waals surface area contributed by atoms with Crippen LogP contribution in [0.1, 0.15) is 38.2 Å². The lowest BCUT2D eigenvalue weighted by atomic mass is 9.85. The zero-order chi connectivity index (χ0) is 19.4. The molecular weight excluding hydrogens is 348 g/mol. The van der Waals surface area contributed by atoms with Gasteiger partial charge in [0.2, 0.25) is 11.8 Å². The maximum atomic E-state index is 12.8. The Morgan fingerprint density at radius 3 is 2.52 bits per heavy atom. The molecule has 0 radical (unpaired) electrons. The Kier molecular flexibility index (Phi) is 5.79. The minimum atomic E-state index is -0.947. The van der Waals surface area contributed by atoms with Crippen molar-refractivity contribution in [2.45, 2.75) is 44.6 Å². The van der Waals surface area contributed by atoms with E-state index in [2.05, 4.69) is 12.2 Å². The van der Waals surface area contributed by atoms with Crippen molar-refractivity contribution in [1.82, 2.24) is 5.32 Å². The van der Waals surface area contributed by atoms with E-state index in [0.29, 0.717) is 32.6 Å². The number of aliphatic carboxylic acids is 1. The lowest BCUT2D eigenvalue weighted by Crippen LogP contribution is -2.54. The lowest BCUT2D eigenvalue weighted by molar-refractivity contribution is -0.141. The van der Waals surface area contributed by atoms with Crippen LogP contribution in [-0.2, 0) is 25.5 Å². The Hall–Kier alpha value is -2.41. The molecule has 2 aliphatic heterocycles. The molecule has 2 saturated heterocycles. The predicted molar refractivity (Wildman–Crippen MR) is 99.5 cm³/mol. The molecule has 3 rings (SSSR count). The molecule has 1 atom stereocenters. The lowest BCUT2D eigenvalue weighted by Gasteiger charge is -2.37. The monoisotopic (exact) mass is 374 g/mol. The first-order valence-electron chi connectivity index (χ1n) is 9.43. The van der Waals surface area contributed by atoms with Crippen molar-refractivity contribution < 1.29 is 24.2 Å². The number of benzene rings is 1. The maximum Gasteiger partial charge on any atom is 0.305 e. The van der Waals surface area contributed by atoms with Gasteiger partial charge in [-0.05, 0) is 37.0 Å². The quantitative estimate of drug-likeness (QED) is 0.791. The zero-order valence-electron chi connectivity index (χ0n) is 15.6. The third-order valence-corrected chi connectivity index (χ3v) is 5.48. The highest BCUT2D eigenvalue weighted by molar-refractivity contribution is 6.00. The zero-order valence-corrected chi connectivity index (χ0v) is 15.6. The van der Waals surface area contributed by atoms with Gasteiger partial charge in [0.25, 0.3) is 0 Å². The van der Waals surface area contributed by atoms with Crippen LogP contribution in [0.4, 0.5) is 5.69 Å². The molecule has 7 heteroatoms. The Balaban J connectivity index is 1.68. The summed E-state index contributed by atoms with van der Waals surface area (Å²) >= 11 is 0. The molecule has 0 bridgehead atoms. The second-order valence-electron chi connectivity index (χ2n) is 7.38. The molecule has 27 heavy (non-hydrogen) atoms. The number of amides is 2. The number of carbonyl (C=O) groups excluding carboxylic acids is 2. The van der Waals surface area contributed by atoms with Crippen molar-refractivity contribution >= 4 is 23.5 Å². The number of rotatable bonds is 6. The van der Waals surface area contributed by atoms with Crippen LogP contribution in [-0.4, -0.2) is 48.2 Å². The molecule has 0 saturated carbocycles. The van der Waals surface area contributed by atoms with E-state index >= 15 is 0 Å². The summed E-state index contributed by atoms with van der Waals surface area (Å²) in [5.74, 6) is -1.76. The summed E-state index contributed by atoms with van der Waals surface area (Å²) in [5.41, 5.74) is 1.19. The van der Waals surface area contributed by atoms with Gasteiger partial charge in [-0.25, -0.2) is 0 Å². The Labute approximate surface area is 158 Å². The van der Waals surface area contributed by atoms with Crippen LogP contribution in [0.5, 0.6) is 0 Å². The van der Waals surface area contributed by atoms with E-state index in [0.717, 1.165) is 12.1 Å². The molecule has 2 heterocycles. The number of aryl methyl sites for hydroxylation is 1. The third kappa shape index (κ3) is 4.47. The number of carboxylic acid groups (broad SMARTS) is 1.